The van der Waals surface area contributed by atoms with Crippen molar-refractivity contribution < 1.29 is 27.4 Å². The highest BCUT2D eigenvalue weighted by molar-refractivity contribution is 6.06. The molecule has 0 aromatic heterocycles. The van der Waals surface area contributed by atoms with E-state index in [2.05, 4.69) is 0 Å². The Morgan fingerprint density at radius 1 is 1.07 bits per heavy atom. The quantitative estimate of drug-likeness (QED) is 0.333. The zero-order valence-electron chi connectivity index (χ0n) is 15.8. The lowest BCUT2D eigenvalue weighted by Crippen LogP contribution is -2.06. The first kappa shape index (κ1) is 21.3. The van der Waals surface area contributed by atoms with Crippen molar-refractivity contribution in [2.24, 2.45) is 0 Å². The number of ether oxygens (including phenoxy) is 2. The van der Waals surface area contributed by atoms with Gasteiger partial charge in [0.05, 0.1) is 12.7 Å². The Morgan fingerprint density at radius 2 is 1.82 bits per heavy atom. The molecular formula is C22H21F3O3. The number of hydrogen-bond acceptors (Lipinski definition) is 3. The van der Waals surface area contributed by atoms with Gasteiger partial charge in [-0.1, -0.05) is 29.8 Å². The zero-order valence-corrected chi connectivity index (χ0v) is 15.8. The van der Waals surface area contributed by atoms with Crippen molar-refractivity contribution in [3.8, 4) is 11.5 Å². The smallest absolute Gasteiger partial charge is 0.416 e. The number of ketones is 1. The maximum atomic E-state index is 12.8. The first-order valence-electron chi connectivity index (χ1n) is 8.54. The van der Waals surface area contributed by atoms with E-state index in [4.69, 9.17) is 9.47 Å². The van der Waals surface area contributed by atoms with Crippen molar-refractivity contribution in [1.29, 1.82) is 0 Å². The molecule has 0 spiro atoms. The molecule has 2 aromatic rings. The lowest BCUT2D eigenvalue weighted by Gasteiger charge is -2.10. The Kier molecular flexibility index (Phi) is 7.04. The summed E-state index contributed by atoms with van der Waals surface area (Å²) in [6.45, 7) is 4.34. The van der Waals surface area contributed by atoms with Gasteiger partial charge in [0, 0.05) is 5.56 Å². The Labute approximate surface area is 162 Å². The van der Waals surface area contributed by atoms with Crippen LogP contribution >= 0.6 is 0 Å². The normalized spacial score (nSPS) is 11.4. The summed E-state index contributed by atoms with van der Waals surface area (Å²) in [5, 5.41) is 0. The van der Waals surface area contributed by atoms with Crippen LogP contribution < -0.4 is 9.47 Å². The SMILES string of the molecule is COc1cc(/C=C/C(=O)c2cccc(C(F)(F)F)c2)ccc1OCC=C(C)C. The number of methoxy groups -OCH3 is 1. The van der Waals surface area contributed by atoms with Crippen molar-refractivity contribution in [2.75, 3.05) is 13.7 Å². The number of alkyl halides is 3. The molecule has 0 amide bonds. The van der Waals surface area contributed by atoms with E-state index in [1.807, 2.05) is 19.9 Å². The molecular weight excluding hydrogens is 369 g/mol. The molecule has 0 heterocycles. The van der Waals surface area contributed by atoms with E-state index in [1.165, 1.54) is 31.4 Å². The number of carbonyl (C=O) groups is 1. The second kappa shape index (κ2) is 9.26. The molecule has 6 heteroatoms. The van der Waals surface area contributed by atoms with Gasteiger partial charge in [0.1, 0.15) is 6.61 Å². The van der Waals surface area contributed by atoms with Gasteiger partial charge in [0.2, 0.25) is 0 Å². The van der Waals surface area contributed by atoms with E-state index >= 15 is 0 Å². The van der Waals surface area contributed by atoms with Crippen molar-refractivity contribution in [3.05, 3.63) is 76.9 Å². The Hall–Kier alpha value is -3.02. The Balaban J connectivity index is 2.15. The lowest BCUT2D eigenvalue weighted by molar-refractivity contribution is -0.137. The van der Waals surface area contributed by atoms with Crippen molar-refractivity contribution in [1.82, 2.24) is 0 Å². The summed E-state index contributed by atoms with van der Waals surface area (Å²) in [4.78, 5) is 12.2. The molecule has 28 heavy (non-hydrogen) atoms. The fourth-order valence-electron chi connectivity index (χ4n) is 2.32. The molecule has 0 aliphatic carbocycles. The van der Waals surface area contributed by atoms with Crippen LogP contribution in [0.4, 0.5) is 13.2 Å². The minimum absolute atomic E-state index is 0.0280. The third kappa shape index (κ3) is 6.01. The first-order chi connectivity index (χ1) is 13.2. The van der Waals surface area contributed by atoms with Gasteiger partial charge in [-0.15, -0.1) is 0 Å². The third-order valence-electron chi connectivity index (χ3n) is 3.82. The number of allylic oxidation sites excluding steroid dienone is 2. The molecule has 0 radical (unpaired) electrons. The predicted octanol–water partition coefficient (Wildman–Crippen LogP) is 5.96. The monoisotopic (exact) mass is 390 g/mol. The van der Waals surface area contributed by atoms with Gasteiger partial charge in [-0.25, -0.2) is 0 Å². The van der Waals surface area contributed by atoms with E-state index < -0.39 is 17.5 Å². The maximum Gasteiger partial charge on any atom is 0.416 e. The minimum atomic E-state index is -4.49. The highest BCUT2D eigenvalue weighted by Crippen LogP contribution is 2.30. The summed E-state index contributed by atoms with van der Waals surface area (Å²) >= 11 is 0. The third-order valence-corrected chi connectivity index (χ3v) is 3.82. The van der Waals surface area contributed by atoms with Gasteiger partial charge in [0.15, 0.2) is 17.3 Å². The fourth-order valence-corrected chi connectivity index (χ4v) is 2.32. The fraction of sp³-hybridized carbons (Fsp3) is 0.227. The standard InChI is InChI=1S/C22H21F3O3/c1-15(2)11-12-28-20-10-8-16(13-21(20)27-3)7-9-19(26)17-5-4-6-18(14-17)22(23,24)25/h4-11,13-14H,12H2,1-3H3/b9-7+. The second-order valence-electron chi connectivity index (χ2n) is 6.28. The summed E-state index contributed by atoms with van der Waals surface area (Å²) in [6.07, 6.45) is 0.189. The van der Waals surface area contributed by atoms with Gasteiger partial charge in [-0.3, -0.25) is 4.79 Å². The molecule has 0 saturated carbocycles. The van der Waals surface area contributed by atoms with E-state index in [1.54, 1.807) is 18.2 Å². The van der Waals surface area contributed by atoms with Crippen LogP contribution in [0.2, 0.25) is 0 Å². The van der Waals surface area contributed by atoms with Crippen LogP contribution in [0.15, 0.2) is 60.2 Å². The van der Waals surface area contributed by atoms with Crippen LogP contribution in [0.1, 0.15) is 35.3 Å². The van der Waals surface area contributed by atoms with E-state index in [0.717, 1.165) is 17.7 Å². The van der Waals surface area contributed by atoms with Crippen LogP contribution in [0.5, 0.6) is 11.5 Å². The number of halogens is 3. The number of carbonyl (C=O) groups excluding carboxylic acids is 1. The molecule has 2 aromatic carbocycles. The summed E-state index contributed by atoms with van der Waals surface area (Å²) in [7, 11) is 1.50. The first-order valence-corrected chi connectivity index (χ1v) is 8.54. The Morgan fingerprint density at radius 3 is 2.46 bits per heavy atom. The minimum Gasteiger partial charge on any atom is -0.493 e. The average molecular weight is 390 g/mol. The summed E-state index contributed by atoms with van der Waals surface area (Å²) in [6, 6.07) is 9.47. The molecule has 0 saturated heterocycles. The van der Waals surface area contributed by atoms with Gasteiger partial charge in [-0.05, 0) is 55.8 Å². The van der Waals surface area contributed by atoms with Crippen LogP contribution in [0.3, 0.4) is 0 Å². The van der Waals surface area contributed by atoms with Gasteiger partial charge in [0.25, 0.3) is 0 Å². The van der Waals surface area contributed by atoms with Crippen molar-refractivity contribution >= 4 is 11.9 Å². The van der Waals surface area contributed by atoms with Crippen molar-refractivity contribution in [2.45, 2.75) is 20.0 Å². The molecule has 3 nitrogen and oxygen atoms in total. The second-order valence-corrected chi connectivity index (χ2v) is 6.28. The molecule has 0 N–H and O–H groups in total. The number of benzene rings is 2. The van der Waals surface area contributed by atoms with E-state index in [9.17, 15) is 18.0 Å². The number of hydrogen-bond donors (Lipinski definition) is 0. The van der Waals surface area contributed by atoms with E-state index in [0.29, 0.717) is 23.7 Å². The van der Waals surface area contributed by atoms with Crippen LogP contribution in [-0.2, 0) is 6.18 Å². The molecule has 0 atom stereocenters. The maximum absolute atomic E-state index is 12.8. The molecule has 0 bridgehead atoms. The van der Waals surface area contributed by atoms with Gasteiger partial charge in [-0.2, -0.15) is 13.2 Å². The van der Waals surface area contributed by atoms with Crippen LogP contribution in [-0.4, -0.2) is 19.5 Å². The lowest BCUT2D eigenvalue weighted by atomic mass is 10.1. The van der Waals surface area contributed by atoms with Crippen LogP contribution in [0.25, 0.3) is 6.08 Å². The summed E-state index contributed by atoms with van der Waals surface area (Å²) < 4.78 is 49.3. The van der Waals surface area contributed by atoms with Gasteiger partial charge >= 0.3 is 6.18 Å². The average Bonchev–Trinajstić information content (AvgIpc) is 2.65. The highest BCUT2D eigenvalue weighted by atomic mass is 19.4. The largest absolute Gasteiger partial charge is 0.493 e. The predicted molar refractivity (Wildman–Crippen MR) is 103 cm³/mol. The number of rotatable bonds is 7. The molecule has 0 fully saturated rings. The summed E-state index contributed by atoms with van der Waals surface area (Å²) in [5.74, 6) is 0.533. The van der Waals surface area contributed by atoms with Crippen molar-refractivity contribution in [3.63, 3.8) is 0 Å². The van der Waals surface area contributed by atoms with E-state index in [-0.39, 0.29) is 5.56 Å². The molecule has 2 rings (SSSR count). The summed E-state index contributed by atoms with van der Waals surface area (Å²) in [5.41, 5.74) is 0.907. The Bertz CT molecular complexity index is 892. The molecule has 0 aliphatic heterocycles. The molecule has 148 valence electrons. The van der Waals surface area contributed by atoms with Gasteiger partial charge < -0.3 is 9.47 Å². The highest BCUT2D eigenvalue weighted by Gasteiger charge is 2.30. The molecule has 0 unspecified atom stereocenters. The topological polar surface area (TPSA) is 35.5 Å². The molecule has 0 aliphatic rings. The van der Waals surface area contributed by atoms with Crippen LogP contribution in [0, 0.1) is 0 Å². The zero-order chi connectivity index (χ0) is 20.7.